The summed E-state index contributed by atoms with van der Waals surface area (Å²) in [7, 11) is 0. The molecular formula is C11H18N4O. The van der Waals surface area contributed by atoms with Gasteiger partial charge < -0.3 is 15.8 Å². The molecule has 5 nitrogen and oxygen atoms in total. The van der Waals surface area contributed by atoms with Crippen molar-refractivity contribution in [1.29, 1.82) is 0 Å². The van der Waals surface area contributed by atoms with E-state index < -0.39 is 0 Å². The lowest BCUT2D eigenvalue weighted by molar-refractivity contribution is 0.328. The van der Waals surface area contributed by atoms with Crippen LogP contribution in [0.4, 0.5) is 11.5 Å². The van der Waals surface area contributed by atoms with E-state index in [9.17, 15) is 0 Å². The summed E-state index contributed by atoms with van der Waals surface area (Å²) in [5, 5.41) is 3.11. The molecule has 5 heteroatoms. The maximum atomic E-state index is 5.85. The van der Waals surface area contributed by atoms with Crippen LogP contribution in [0.3, 0.4) is 0 Å². The molecule has 0 amide bonds. The van der Waals surface area contributed by atoms with Gasteiger partial charge in [0.25, 0.3) is 0 Å². The van der Waals surface area contributed by atoms with E-state index in [-0.39, 0.29) is 0 Å². The van der Waals surface area contributed by atoms with E-state index in [0.29, 0.717) is 30.5 Å². The summed E-state index contributed by atoms with van der Waals surface area (Å²) >= 11 is 0. The zero-order chi connectivity index (χ0) is 12.0. The standard InChI is InChI=1S/C11H18N4O/c1-4-16-11-9(12)10(14-7-15-11)13-6-5-8(2)3/h5,7H,4,6,12H2,1-3H3,(H,13,14,15). The van der Waals surface area contributed by atoms with Crippen molar-refractivity contribution in [3.05, 3.63) is 18.0 Å². The van der Waals surface area contributed by atoms with Crippen LogP contribution in [0.25, 0.3) is 0 Å². The molecule has 88 valence electrons. The molecule has 0 atom stereocenters. The highest BCUT2D eigenvalue weighted by Crippen LogP contribution is 2.24. The SMILES string of the molecule is CCOc1ncnc(NCC=C(C)C)c1N. The molecule has 1 aromatic rings. The summed E-state index contributed by atoms with van der Waals surface area (Å²) < 4.78 is 5.27. The van der Waals surface area contributed by atoms with Gasteiger partial charge in [0.2, 0.25) is 5.88 Å². The Bertz CT molecular complexity index is 372. The predicted octanol–water partition coefficient (Wildman–Crippen LogP) is 1.84. The van der Waals surface area contributed by atoms with Crippen LogP contribution >= 0.6 is 0 Å². The van der Waals surface area contributed by atoms with Crippen molar-refractivity contribution in [3.63, 3.8) is 0 Å². The third-order valence-corrected chi connectivity index (χ3v) is 1.91. The van der Waals surface area contributed by atoms with E-state index in [4.69, 9.17) is 10.5 Å². The van der Waals surface area contributed by atoms with Crippen molar-refractivity contribution in [2.45, 2.75) is 20.8 Å². The van der Waals surface area contributed by atoms with Crippen LogP contribution < -0.4 is 15.8 Å². The average molecular weight is 222 g/mol. The molecule has 16 heavy (non-hydrogen) atoms. The smallest absolute Gasteiger partial charge is 0.242 e. The fourth-order valence-corrected chi connectivity index (χ4v) is 1.12. The molecule has 1 rings (SSSR count). The highest BCUT2D eigenvalue weighted by Gasteiger charge is 2.07. The lowest BCUT2D eigenvalue weighted by Crippen LogP contribution is -2.08. The molecule has 0 fully saturated rings. The second-order valence-electron chi connectivity index (χ2n) is 3.54. The first-order chi connectivity index (χ1) is 7.65. The lowest BCUT2D eigenvalue weighted by Gasteiger charge is -2.09. The second kappa shape index (κ2) is 5.95. The van der Waals surface area contributed by atoms with Gasteiger partial charge in [0, 0.05) is 6.54 Å². The van der Waals surface area contributed by atoms with Crippen LogP contribution in [0.15, 0.2) is 18.0 Å². The Morgan fingerprint density at radius 3 is 2.88 bits per heavy atom. The largest absolute Gasteiger partial charge is 0.476 e. The molecule has 3 N–H and O–H groups in total. The molecule has 0 saturated carbocycles. The van der Waals surface area contributed by atoms with Crippen molar-refractivity contribution >= 4 is 11.5 Å². The first-order valence-electron chi connectivity index (χ1n) is 5.25. The van der Waals surface area contributed by atoms with Gasteiger partial charge in [0.15, 0.2) is 5.82 Å². The van der Waals surface area contributed by atoms with Crippen LogP contribution in [0, 0.1) is 0 Å². The fourth-order valence-electron chi connectivity index (χ4n) is 1.12. The molecule has 0 unspecified atom stereocenters. The van der Waals surface area contributed by atoms with Gasteiger partial charge in [0.1, 0.15) is 12.0 Å². The Hall–Kier alpha value is -1.78. The summed E-state index contributed by atoms with van der Waals surface area (Å²) in [6.07, 6.45) is 3.49. The van der Waals surface area contributed by atoms with Crippen molar-refractivity contribution in [2.24, 2.45) is 0 Å². The van der Waals surface area contributed by atoms with Gasteiger partial charge in [-0.2, -0.15) is 4.98 Å². The van der Waals surface area contributed by atoms with Crippen LogP contribution in [0.1, 0.15) is 20.8 Å². The quantitative estimate of drug-likeness (QED) is 0.744. The monoisotopic (exact) mass is 222 g/mol. The predicted molar refractivity (Wildman–Crippen MR) is 65.5 cm³/mol. The minimum absolute atomic E-state index is 0.428. The van der Waals surface area contributed by atoms with Gasteiger partial charge >= 0.3 is 0 Å². The van der Waals surface area contributed by atoms with Gasteiger partial charge in [-0.15, -0.1) is 0 Å². The van der Waals surface area contributed by atoms with Gasteiger partial charge in [-0.25, -0.2) is 4.98 Å². The number of nitrogens with zero attached hydrogens (tertiary/aromatic N) is 2. The maximum absolute atomic E-state index is 5.85. The minimum atomic E-state index is 0.428. The Morgan fingerprint density at radius 2 is 2.25 bits per heavy atom. The molecule has 0 bridgehead atoms. The Balaban J connectivity index is 2.73. The van der Waals surface area contributed by atoms with Crippen molar-refractivity contribution in [2.75, 3.05) is 24.2 Å². The van der Waals surface area contributed by atoms with Gasteiger partial charge in [0.05, 0.1) is 6.61 Å². The number of anilines is 2. The number of hydrogen-bond donors (Lipinski definition) is 2. The van der Waals surface area contributed by atoms with Crippen LogP contribution in [0.2, 0.25) is 0 Å². The molecular weight excluding hydrogens is 204 g/mol. The highest BCUT2D eigenvalue weighted by molar-refractivity contribution is 5.66. The zero-order valence-corrected chi connectivity index (χ0v) is 9.95. The summed E-state index contributed by atoms with van der Waals surface area (Å²) in [6, 6.07) is 0. The zero-order valence-electron chi connectivity index (χ0n) is 9.95. The molecule has 0 saturated heterocycles. The molecule has 1 aromatic heterocycles. The first-order valence-corrected chi connectivity index (χ1v) is 5.25. The van der Waals surface area contributed by atoms with Crippen LogP contribution in [0.5, 0.6) is 5.88 Å². The number of allylic oxidation sites excluding steroid dienone is 1. The molecule has 0 aliphatic rings. The molecule has 0 radical (unpaired) electrons. The second-order valence-corrected chi connectivity index (χ2v) is 3.54. The maximum Gasteiger partial charge on any atom is 0.242 e. The highest BCUT2D eigenvalue weighted by atomic mass is 16.5. The summed E-state index contributed by atoms with van der Waals surface area (Å²) in [6.45, 7) is 7.19. The van der Waals surface area contributed by atoms with E-state index in [1.54, 1.807) is 0 Å². The molecule has 0 aliphatic heterocycles. The van der Waals surface area contributed by atoms with Crippen LogP contribution in [-0.2, 0) is 0 Å². The average Bonchev–Trinajstić information content (AvgIpc) is 2.23. The fraction of sp³-hybridized carbons (Fsp3) is 0.455. The number of nitrogens with two attached hydrogens (primary N) is 1. The van der Waals surface area contributed by atoms with Gasteiger partial charge in [-0.3, -0.25) is 0 Å². The van der Waals surface area contributed by atoms with E-state index in [1.165, 1.54) is 11.9 Å². The number of hydrogen-bond acceptors (Lipinski definition) is 5. The van der Waals surface area contributed by atoms with Crippen molar-refractivity contribution < 1.29 is 4.74 Å². The molecule has 0 aliphatic carbocycles. The summed E-state index contributed by atoms with van der Waals surface area (Å²) in [5.41, 5.74) is 7.54. The first kappa shape index (κ1) is 12.3. The Kier molecular flexibility index (Phi) is 4.57. The van der Waals surface area contributed by atoms with E-state index >= 15 is 0 Å². The Morgan fingerprint density at radius 1 is 1.50 bits per heavy atom. The van der Waals surface area contributed by atoms with Crippen molar-refractivity contribution in [3.8, 4) is 5.88 Å². The number of ether oxygens (including phenoxy) is 1. The minimum Gasteiger partial charge on any atom is -0.476 e. The number of rotatable bonds is 5. The third-order valence-electron chi connectivity index (χ3n) is 1.91. The molecule has 0 spiro atoms. The van der Waals surface area contributed by atoms with Crippen molar-refractivity contribution in [1.82, 2.24) is 9.97 Å². The Labute approximate surface area is 95.7 Å². The topological polar surface area (TPSA) is 73.1 Å². The third kappa shape index (κ3) is 3.42. The van der Waals surface area contributed by atoms with E-state index in [0.717, 1.165) is 0 Å². The molecule has 0 aromatic carbocycles. The summed E-state index contributed by atoms with van der Waals surface area (Å²) in [5.74, 6) is 1.04. The van der Waals surface area contributed by atoms with Gasteiger partial charge in [-0.05, 0) is 20.8 Å². The van der Waals surface area contributed by atoms with Gasteiger partial charge in [-0.1, -0.05) is 11.6 Å². The van der Waals surface area contributed by atoms with E-state index in [1.807, 2.05) is 20.8 Å². The lowest BCUT2D eigenvalue weighted by atomic mass is 10.3. The number of nitrogens with one attached hydrogen (secondary N) is 1. The molecule has 1 heterocycles. The summed E-state index contributed by atoms with van der Waals surface area (Å²) in [4.78, 5) is 8.02. The number of aromatic nitrogens is 2. The normalized spacial score (nSPS) is 9.69. The number of nitrogen functional groups attached to an aromatic ring is 1. The van der Waals surface area contributed by atoms with E-state index in [2.05, 4.69) is 21.4 Å². The van der Waals surface area contributed by atoms with Crippen LogP contribution in [-0.4, -0.2) is 23.1 Å².